The summed E-state index contributed by atoms with van der Waals surface area (Å²) in [6.45, 7) is 0. The molecule has 0 bridgehead atoms. The Bertz CT molecular complexity index is 707. The zero-order valence-corrected chi connectivity index (χ0v) is 12.8. The summed E-state index contributed by atoms with van der Waals surface area (Å²) in [5.41, 5.74) is 2.29. The molecule has 0 atom stereocenters. The second-order valence-electron chi connectivity index (χ2n) is 4.09. The molecular formula is C14H10ClN3S2. The summed E-state index contributed by atoms with van der Waals surface area (Å²) >= 11 is 9.62. The SMILES string of the molecule is N#CC(=C1SCCS1)n1cnc(-c2ccccc2Cl)c1. The van der Waals surface area contributed by atoms with Crippen molar-refractivity contribution in [1.82, 2.24) is 9.55 Å². The van der Waals surface area contributed by atoms with Crippen molar-refractivity contribution >= 4 is 40.8 Å². The zero-order chi connectivity index (χ0) is 13.9. The van der Waals surface area contributed by atoms with E-state index in [9.17, 15) is 5.26 Å². The molecule has 0 unspecified atom stereocenters. The predicted octanol–water partition coefficient (Wildman–Crippen LogP) is 4.33. The summed E-state index contributed by atoms with van der Waals surface area (Å²) in [4.78, 5) is 4.36. The number of nitrogens with zero attached hydrogens (tertiary/aromatic N) is 3. The van der Waals surface area contributed by atoms with Crippen LogP contribution in [0.2, 0.25) is 5.02 Å². The second-order valence-corrected chi connectivity index (χ2v) is 6.97. The van der Waals surface area contributed by atoms with Gasteiger partial charge in [0.05, 0.1) is 15.0 Å². The first-order chi connectivity index (χ1) is 9.79. The first kappa shape index (κ1) is 13.6. The van der Waals surface area contributed by atoms with Gasteiger partial charge in [0.15, 0.2) is 0 Å². The molecule has 100 valence electrons. The fourth-order valence-electron chi connectivity index (χ4n) is 1.91. The lowest BCUT2D eigenvalue weighted by atomic mass is 10.2. The van der Waals surface area contributed by atoms with Gasteiger partial charge < -0.3 is 0 Å². The first-order valence-corrected chi connectivity index (χ1v) is 8.34. The normalized spacial score (nSPS) is 14.3. The van der Waals surface area contributed by atoms with E-state index in [4.69, 9.17) is 11.6 Å². The van der Waals surface area contributed by atoms with Crippen LogP contribution in [0.3, 0.4) is 0 Å². The van der Waals surface area contributed by atoms with Crippen LogP contribution >= 0.6 is 35.1 Å². The molecule has 3 nitrogen and oxygen atoms in total. The molecule has 2 heterocycles. The number of aromatic nitrogens is 2. The third kappa shape index (κ3) is 2.59. The maximum Gasteiger partial charge on any atom is 0.145 e. The minimum absolute atomic E-state index is 0.642. The standard InChI is InChI=1S/C14H10ClN3S2/c15-11-4-2-1-3-10(11)12-8-18(9-17-12)13(7-16)14-19-5-6-20-14/h1-4,8-9H,5-6H2. The largest absolute Gasteiger partial charge is 0.295 e. The molecule has 0 spiro atoms. The van der Waals surface area contributed by atoms with Gasteiger partial charge in [0.1, 0.15) is 18.1 Å². The molecule has 1 aliphatic rings. The van der Waals surface area contributed by atoms with E-state index in [1.54, 1.807) is 34.4 Å². The molecule has 2 aromatic rings. The van der Waals surface area contributed by atoms with Crippen LogP contribution in [0.25, 0.3) is 17.0 Å². The summed E-state index contributed by atoms with van der Waals surface area (Å²) in [6, 6.07) is 9.84. The van der Waals surface area contributed by atoms with Gasteiger partial charge in [0.2, 0.25) is 0 Å². The zero-order valence-electron chi connectivity index (χ0n) is 10.4. The molecule has 0 radical (unpaired) electrons. The van der Waals surface area contributed by atoms with E-state index < -0.39 is 0 Å². The van der Waals surface area contributed by atoms with Crippen LogP contribution in [-0.2, 0) is 0 Å². The van der Waals surface area contributed by atoms with E-state index in [1.807, 2.05) is 30.5 Å². The Kier molecular flexibility index (Phi) is 4.06. The van der Waals surface area contributed by atoms with Crippen molar-refractivity contribution in [3.8, 4) is 17.3 Å². The summed E-state index contributed by atoms with van der Waals surface area (Å²) in [5.74, 6) is 2.11. The lowest BCUT2D eigenvalue weighted by Gasteiger charge is -2.02. The molecule has 1 aliphatic heterocycles. The highest BCUT2D eigenvalue weighted by Crippen LogP contribution is 2.40. The Balaban J connectivity index is 2.01. The molecule has 6 heteroatoms. The van der Waals surface area contributed by atoms with Crippen LogP contribution in [-0.4, -0.2) is 21.1 Å². The monoisotopic (exact) mass is 319 g/mol. The number of hydrogen-bond donors (Lipinski definition) is 0. The molecule has 1 aromatic carbocycles. The van der Waals surface area contributed by atoms with Gasteiger partial charge in [0, 0.05) is 23.3 Å². The van der Waals surface area contributed by atoms with Crippen LogP contribution in [0, 0.1) is 11.3 Å². The minimum atomic E-state index is 0.642. The van der Waals surface area contributed by atoms with E-state index in [0.29, 0.717) is 10.7 Å². The van der Waals surface area contributed by atoms with Crippen molar-refractivity contribution in [2.24, 2.45) is 0 Å². The molecular weight excluding hydrogens is 310 g/mol. The molecule has 1 aromatic heterocycles. The Morgan fingerprint density at radius 2 is 2.05 bits per heavy atom. The summed E-state index contributed by atoms with van der Waals surface area (Å²) in [5, 5.41) is 10.0. The molecule has 0 aliphatic carbocycles. The van der Waals surface area contributed by atoms with E-state index in [1.165, 1.54) is 0 Å². The van der Waals surface area contributed by atoms with Crippen LogP contribution in [0.5, 0.6) is 0 Å². The highest BCUT2D eigenvalue weighted by atomic mass is 35.5. The lowest BCUT2D eigenvalue weighted by molar-refractivity contribution is 1.10. The molecule has 20 heavy (non-hydrogen) atoms. The van der Waals surface area contributed by atoms with Crippen LogP contribution < -0.4 is 0 Å². The average molecular weight is 320 g/mol. The number of nitriles is 1. The van der Waals surface area contributed by atoms with Gasteiger partial charge in [-0.05, 0) is 6.07 Å². The molecule has 1 saturated heterocycles. The Morgan fingerprint density at radius 1 is 1.30 bits per heavy atom. The third-order valence-electron chi connectivity index (χ3n) is 2.84. The minimum Gasteiger partial charge on any atom is -0.295 e. The van der Waals surface area contributed by atoms with Crippen LogP contribution in [0.1, 0.15) is 0 Å². The van der Waals surface area contributed by atoms with Gasteiger partial charge in [0.25, 0.3) is 0 Å². The number of imidazole rings is 1. The van der Waals surface area contributed by atoms with Gasteiger partial charge in [-0.2, -0.15) is 5.26 Å². The number of allylic oxidation sites excluding steroid dienone is 1. The maximum absolute atomic E-state index is 9.37. The second kappa shape index (κ2) is 5.96. The highest BCUT2D eigenvalue weighted by molar-refractivity contribution is 8.25. The van der Waals surface area contributed by atoms with Gasteiger partial charge in [-0.25, -0.2) is 4.98 Å². The van der Waals surface area contributed by atoms with Crippen molar-refractivity contribution in [3.63, 3.8) is 0 Å². The molecule has 0 N–H and O–H groups in total. The van der Waals surface area contributed by atoms with Crippen molar-refractivity contribution in [1.29, 1.82) is 5.26 Å². The van der Waals surface area contributed by atoms with Crippen molar-refractivity contribution < 1.29 is 0 Å². The van der Waals surface area contributed by atoms with Crippen molar-refractivity contribution in [3.05, 3.63) is 46.0 Å². The van der Waals surface area contributed by atoms with E-state index >= 15 is 0 Å². The quantitative estimate of drug-likeness (QED) is 0.772. The average Bonchev–Trinajstić information content (AvgIpc) is 3.12. The Morgan fingerprint density at radius 3 is 2.75 bits per heavy atom. The first-order valence-electron chi connectivity index (χ1n) is 5.99. The van der Waals surface area contributed by atoms with Gasteiger partial charge in [-0.3, -0.25) is 4.57 Å². The van der Waals surface area contributed by atoms with Crippen molar-refractivity contribution in [2.75, 3.05) is 11.5 Å². The van der Waals surface area contributed by atoms with Crippen LogP contribution in [0.4, 0.5) is 0 Å². The van der Waals surface area contributed by atoms with Crippen molar-refractivity contribution in [2.45, 2.75) is 0 Å². The molecule has 1 fully saturated rings. The number of thioether (sulfide) groups is 2. The number of hydrogen-bond acceptors (Lipinski definition) is 4. The number of benzene rings is 1. The lowest BCUT2D eigenvalue weighted by Crippen LogP contribution is -1.92. The summed E-state index contributed by atoms with van der Waals surface area (Å²) in [7, 11) is 0. The predicted molar refractivity (Wildman–Crippen MR) is 86.4 cm³/mol. The molecule has 0 saturated carbocycles. The van der Waals surface area contributed by atoms with E-state index in [2.05, 4.69) is 11.1 Å². The Hall–Kier alpha value is -1.35. The molecule has 0 amide bonds. The smallest absolute Gasteiger partial charge is 0.145 e. The topological polar surface area (TPSA) is 41.6 Å². The van der Waals surface area contributed by atoms with E-state index in [-0.39, 0.29) is 0 Å². The molecule has 3 rings (SSSR count). The Labute approximate surface area is 130 Å². The maximum atomic E-state index is 9.37. The van der Waals surface area contributed by atoms with Crippen LogP contribution in [0.15, 0.2) is 41.0 Å². The van der Waals surface area contributed by atoms with Gasteiger partial charge in [-0.15, -0.1) is 23.5 Å². The summed E-state index contributed by atoms with van der Waals surface area (Å²) in [6.07, 6.45) is 3.52. The number of rotatable bonds is 2. The fourth-order valence-corrected chi connectivity index (χ4v) is 4.59. The third-order valence-corrected chi connectivity index (χ3v) is 5.86. The van der Waals surface area contributed by atoms with E-state index in [0.717, 1.165) is 27.0 Å². The van der Waals surface area contributed by atoms with Gasteiger partial charge in [-0.1, -0.05) is 29.8 Å². The van der Waals surface area contributed by atoms with Gasteiger partial charge >= 0.3 is 0 Å². The summed E-state index contributed by atoms with van der Waals surface area (Å²) < 4.78 is 2.84. The highest BCUT2D eigenvalue weighted by Gasteiger charge is 2.16. The fraction of sp³-hybridized carbons (Fsp3) is 0.143. The number of halogens is 1.